The average molecular weight is 162 g/mol. The highest BCUT2D eigenvalue weighted by atomic mass is 35.5. The molecule has 0 spiro atoms. The Morgan fingerprint density at radius 1 is 1.00 bits per heavy atom. The van der Waals surface area contributed by atoms with Gasteiger partial charge in [0.2, 0.25) is 0 Å². The van der Waals surface area contributed by atoms with Gasteiger partial charge < -0.3 is 5.73 Å². The molecule has 0 radical (unpaired) electrons. The zero-order valence-corrected chi connectivity index (χ0v) is 7.07. The predicted octanol–water partition coefficient (Wildman–Crippen LogP) is 1.95. The fourth-order valence-electron chi connectivity index (χ4n) is 2.00. The smallest absolute Gasteiger partial charge is 0.00699 e. The Morgan fingerprint density at radius 3 is 1.80 bits per heavy atom. The van der Waals surface area contributed by atoms with Crippen LogP contribution < -0.4 is 5.73 Å². The topological polar surface area (TPSA) is 26.0 Å². The van der Waals surface area contributed by atoms with Crippen molar-refractivity contribution in [2.24, 2.45) is 17.6 Å². The number of halogens is 1. The normalized spacial score (nSPS) is 39.3. The monoisotopic (exact) mass is 161 g/mol. The van der Waals surface area contributed by atoms with Crippen LogP contribution >= 0.6 is 12.4 Å². The summed E-state index contributed by atoms with van der Waals surface area (Å²) in [5.41, 5.74) is 5.83. The van der Waals surface area contributed by atoms with Crippen molar-refractivity contribution >= 4 is 12.4 Å². The lowest BCUT2D eigenvalue weighted by molar-refractivity contribution is 0.103. The Kier molecular flexibility index (Phi) is 2.59. The SMILES string of the molecule is Cl.N[C@@H]1CC[C@@H]1C1CCC1. The van der Waals surface area contributed by atoms with E-state index in [-0.39, 0.29) is 12.4 Å². The van der Waals surface area contributed by atoms with Crippen molar-refractivity contribution in [3.05, 3.63) is 0 Å². The Bertz CT molecular complexity index is 112. The highest BCUT2D eigenvalue weighted by Gasteiger charge is 2.36. The van der Waals surface area contributed by atoms with Crippen LogP contribution in [-0.4, -0.2) is 6.04 Å². The largest absolute Gasteiger partial charge is 0.327 e. The van der Waals surface area contributed by atoms with Crippen molar-refractivity contribution < 1.29 is 0 Å². The van der Waals surface area contributed by atoms with Crippen LogP contribution in [0.15, 0.2) is 0 Å². The zero-order chi connectivity index (χ0) is 6.27. The molecule has 0 amide bonds. The van der Waals surface area contributed by atoms with Crippen molar-refractivity contribution in [1.29, 1.82) is 0 Å². The lowest BCUT2D eigenvalue weighted by atomic mass is 9.64. The summed E-state index contributed by atoms with van der Waals surface area (Å²) in [7, 11) is 0. The first-order chi connectivity index (χ1) is 4.38. The van der Waals surface area contributed by atoms with E-state index < -0.39 is 0 Å². The van der Waals surface area contributed by atoms with Gasteiger partial charge in [-0.2, -0.15) is 0 Å². The quantitative estimate of drug-likeness (QED) is 0.625. The van der Waals surface area contributed by atoms with Crippen molar-refractivity contribution in [2.75, 3.05) is 0 Å². The van der Waals surface area contributed by atoms with Crippen LogP contribution in [0.5, 0.6) is 0 Å². The number of hydrogen-bond donors (Lipinski definition) is 1. The summed E-state index contributed by atoms with van der Waals surface area (Å²) in [5.74, 6) is 1.97. The average Bonchev–Trinajstić information content (AvgIpc) is 1.74. The molecular weight excluding hydrogens is 146 g/mol. The van der Waals surface area contributed by atoms with Crippen LogP contribution in [0.3, 0.4) is 0 Å². The lowest BCUT2D eigenvalue weighted by Crippen LogP contribution is -2.45. The highest BCUT2D eigenvalue weighted by Crippen LogP contribution is 2.42. The fourth-order valence-corrected chi connectivity index (χ4v) is 2.00. The molecule has 0 aromatic heterocycles. The molecule has 0 aliphatic heterocycles. The van der Waals surface area contributed by atoms with Gasteiger partial charge in [-0.3, -0.25) is 0 Å². The first-order valence-electron chi connectivity index (χ1n) is 4.13. The van der Waals surface area contributed by atoms with Gasteiger partial charge in [0.05, 0.1) is 0 Å². The minimum atomic E-state index is 0. The molecule has 2 saturated carbocycles. The summed E-state index contributed by atoms with van der Waals surface area (Å²) < 4.78 is 0. The summed E-state index contributed by atoms with van der Waals surface area (Å²) >= 11 is 0. The molecule has 2 rings (SSSR count). The van der Waals surface area contributed by atoms with Crippen LogP contribution in [0, 0.1) is 11.8 Å². The Hall–Kier alpha value is 0.250. The fraction of sp³-hybridized carbons (Fsp3) is 1.00. The molecule has 0 aromatic rings. The lowest BCUT2D eigenvalue weighted by Gasteiger charge is -2.43. The maximum absolute atomic E-state index is 5.83. The van der Waals surface area contributed by atoms with E-state index in [1.165, 1.54) is 32.1 Å². The van der Waals surface area contributed by atoms with Gasteiger partial charge in [-0.1, -0.05) is 19.3 Å². The van der Waals surface area contributed by atoms with Crippen LogP contribution in [-0.2, 0) is 0 Å². The van der Waals surface area contributed by atoms with E-state index in [0.29, 0.717) is 6.04 Å². The summed E-state index contributed by atoms with van der Waals surface area (Å²) in [6.45, 7) is 0. The second kappa shape index (κ2) is 3.10. The molecule has 0 heterocycles. The van der Waals surface area contributed by atoms with E-state index in [4.69, 9.17) is 5.73 Å². The molecule has 2 aliphatic carbocycles. The third-order valence-electron chi connectivity index (χ3n) is 3.14. The molecular formula is C8H16ClN. The summed E-state index contributed by atoms with van der Waals surface area (Å²) in [6, 6.07) is 0.579. The molecule has 10 heavy (non-hydrogen) atoms. The molecule has 2 heteroatoms. The van der Waals surface area contributed by atoms with Gasteiger partial charge in [0.1, 0.15) is 0 Å². The van der Waals surface area contributed by atoms with Gasteiger partial charge in [-0.15, -0.1) is 12.4 Å². The third kappa shape index (κ3) is 1.17. The van der Waals surface area contributed by atoms with Crippen LogP contribution in [0.1, 0.15) is 32.1 Å². The van der Waals surface area contributed by atoms with Crippen molar-refractivity contribution in [3.8, 4) is 0 Å². The van der Waals surface area contributed by atoms with E-state index in [1.54, 1.807) is 0 Å². The molecule has 60 valence electrons. The van der Waals surface area contributed by atoms with Crippen molar-refractivity contribution in [2.45, 2.75) is 38.1 Å². The van der Waals surface area contributed by atoms with Gasteiger partial charge in [0.15, 0.2) is 0 Å². The first kappa shape index (κ1) is 8.35. The Labute approximate surface area is 68.8 Å². The summed E-state index contributed by atoms with van der Waals surface area (Å²) in [4.78, 5) is 0. The van der Waals surface area contributed by atoms with Crippen LogP contribution in [0.2, 0.25) is 0 Å². The molecule has 2 N–H and O–H groups in total. The Balaban J connectivity index is 0.000000500. The van der Waals surface area contributed by atoms with Gasteiger partial charge in [0.25, 0.3) is 0 Å². The van der Waals surface area contributed by atoms with Crippen molar-refractivity contribution in [1.82, 2.24) is 0 Å². The first-order valence-corrected chi connectivity index (χ1v) is 4.13. The van der Waals surface area contributed by atoms with Crippen molar-refractivity contribution in [3.63, 3.8) is 0 Å². The molecule has 1 nitrogen and oxygen atoms in total. The van der Waals surface area contributed by atoms with E-state index in [1.807, 2.05) is 0 Å². The standard InChI is InChI=1S/C8H15N.ClH/c9-8-5-4-7(8)6-2-1-3-6;/h6-8H,1-5,9H2;1H/t7-,8-;/m1./s1. The minimum Gasteiger partial charge on any atom is -0.327 e. The Morgan fingerprint density at radius 2 is 1.70 bits per heavy atom. The zero-order valence-electron chi connectivity index (χ0n) is 6.25. The summed E-state index contributed by atoms with van der Waals surface area (Å²) in [5, 5.41) is 0. The maximum Gasteiger partial charge on any atom is 0.00699 e. The molecule has 2 atom stereocenters. The molecule has 2 fully saturated rings. The maximum atomic E-state index is 5.83. The molecule has 0 unspecified atom stereocenters. The van der Waals surface area contributed by atoms with E-state index in [9.17, 15) is 0 Å². The molecule has 2 aliphatic rings. The highest BCUT2D eigenvalue weighted by molar-refractivity contribution is 5.85. The minimum absolute atomic E-state index is 0. The predicted molar refractivity (Wildman–Crippen MR) is 45.3 cm³/mol. The number of rotatable bonds is 1. The van der Waals surface area contributed by atoms with E-state index >= 15 is 0 Å². The van der Waals surface area contributed by atoms with Gasteiger partial charge in [0, 0.05) is 6.04 Å². The van der Waals surface area contributed by atoms with Crippen LogP contribution in [0.4, 0.5) is 0 Å². The molecule has 0 aromatic carbocycles. The molecule has 0 saturated heterocycles. The summed E-state index contributed by atoms with van der Waals surface area (Å²) in [6.07, 6.45) is 7.12. The molecule has 0 bridgehead atoms. The number of nitrogens with two attached hydrogens (primary N) is 1. The van der Waals surface area contributed by atoms with E-state index in [2.05, 4.69) is 0 Å². The van der Waals surface area contributed by atoms with Crippen LogP contribution in [0.25, 0.3) is 0 Å². The second-order valence-electron chi connectivity index (χ2n) is 3.60. The van der Waals surface area contributed by atoms with Gasteiger partial charge >= 0.3 is 0 Å². The van der Waals surface area contributed by atoms with Gasteiger partial charge in [-0.05, 0) is 24.7 Å². The number of hydrogen-bond acceptors (Lipinski definition) is 1. The second-order valence-corrected chi connectivity index (χ2v) is 3.60. The third-order valence-corrected chi connectivity index (χ3v) is 3.14. The van der Waals surface area contributed by atoms with E-state index in [0.717, 1.165) is 11.8 Å². The van der Waals surface area contributed by atoms with Gasteiger partial charge in [-0.25, -0.2) is 0 Å².